The first kappa shape index (κ1) is 28.5. The van der Waals surface area contributed by atoms with Crippen LogP contribution in [0.15, 0.2) is 6.33 Å². The maximum Gasteiger partial charge on any atom is 0.312 e. The van der Waals surface area contributed by atoms with E-state index in [1.807, 2.05) is 13.8 Å². The third kappa shape index (κ3) is 7.25. The third-order valence-electron chi connectivity index (χ3n) is 6.69. The highest BCUT2D eigenvalue weighted by Gasteiger charge is 2.42. The fourth-order valence-electron chi connectivity index (χ4n) is 4.66. The van der Waals surface area contributed by atoms with E-state index in [1.54, 1.807) is 4.57 Å². The second-order valence-electron chi connectivity index (χ2n) is 9.66. The van der Waals surface area contributed by atoms with Crippen molar-refractivity contribution in [1.29, 1.82) is 0 Å². The molecule has 1 saturated heterocycles. The molecule has 3 rings (SSSR count). The van der Waals surface area contributed by atoms with Crippen molar-refractivity contribution in [3.8, 4) is 12.3 Å². The van der Waals surface area contributed by atoms with E-state index in [-0.39, 0.29) is 41.4 Å². The number of terminal acetylenes is 1. The molecule has 202 valence electrons. The lowest BCUT2D eigenvalue weighted by Crippen LogP contribution is -2.35. The Balaban J connectivity index is 1.71. The van der Waals surface area contributed by atoms with Gasteiger partial charge in [-0.3, -0.25) is 14.2 Å². The molecule has 3 heterocycles. The molecule has 1 aliphatic rings. The fourth-order valence-corrected chi connectivity index (χ4v) is 4.66. The molecule has 37 heavy (non-hydrogen) atoms. The number of aromatic nitrogens is 4. The van der Waals surface area contributed by atoms with Crippen LogP contribution in [0.5, 0.6) is 0 Å². The first-order valence-corrected chi connectivity index (χ1v) is 13.4. The molecule has 1 N–H and O–H groups in total. The van der Waals surface area contributed by atoms with Crippen molar-refractivity contribution in [2.75, 3.05) is 11.9 Å². The van der Waals surface area contributed by atoms with Crippen molar-refractivity contribution in [3.05, 3.63) is 12.4 Å². The van der Waals surface area contributed by atoms with Gasteiger partial charge in [0, 0.05) is 6.42 Å². The number of anilines is 1. The Hall–Kier alpha value is -3.06. The minimum atomic E-state index is -1.10. The van der Waals surface area contributed by atoms with Gasteiger partial charge < -0.3 is 14.8 Å². The molecule has 0 unspecified atom stereocenters. The average Bonchev–Trinajstić information content (AvgIpc) is 3.50. The summed E-state index contributed by atoms with van der Waals surface area (Å²) in [5.74, 6) is 2.01. The standard InChI is InChI=1S/C27H38FN5O4/c1-5-9-10-11-14-20(34)30-23-22-24(32-26(28)31-23)33(18-29-22)21-15-16-27(8-4,37-21)17-36-25(35)19(12-6-2)13-7-3/h4,18-19,21H,5-7,9-17H2,1-3H3,(H,30,31,32,34)/t21-,27+/m1/s1. The highest BCUT2D eigenvalue weighted by molar-refractivity contribution is 5.96. The lowest BCUT2D eigenvalue weighted by Gasteiger charge is -2.25. The van der Waals surface area contributed by atoms with Gasteiger partial charge in [0.2, 0.25) is 5.91 Å². The van der Waals surface area contributed by atoms with Crippen LogP contribution < -0.4 is 5.32 Å². The first-order valence-electron chi connectivity index (χ1n) is 13.4. The van der Waals surface area contributed by atoms with Crippen LogP contribution in [0.1, 0.15) is 97.6 Å². The number of carbonyl (C=O) groups is 2. The summed E-state index contributed by atoms with van der Waals surface area (Å²) in [6.07, 6.45) is 14.1. The van der Waals surface area contributed by atoms with Gasteiger partial charge in [-0.25, -0.2) is 4.98 Å². The van der Waals surface area contributed by atoms with Crippen LogP contribution in [0, 0.1) is 24.3 Å². The Kier molecular flexibility index (Phi) is 10.4. The molecular weight excluding hydrogens is 477 g/mol. The van der Waals surface area contributed by atoms with Gasteiger partial charge in [0.15, 0.2) is 22.6 Å². The van der Waals surface area contributed by atoms with Gasteiger partial charge in [-0.05, 0) is 32.1 Å². The zero-order chi connectivity index (χ0) is 26.8. The summed E-state index contributed by atoms with van der Waals surface area (Å²) in [6, 6.07) is 0. The third-order valence-corrected chi connectivity index (χ3v) is 6.69. The monoisotopic (exact) mass is 515 g/mol. The predicted octanol–water partition coefficient (Wildman–Crippen LogP) is 5.31. The Labute approximate surface area is 217 Å². The number of imidazole rings is 1. The fraction of sp³-hybridized carbons (Fsp3) is 0.667. The van der Waals surface area contributed by atoms with Gasteiger partial charge in [-0.1, -0.05) is 58.8 Å². The number of nitrogens with one attached hydrogen (secondary N) is 1. The maximum atomic E-state index is 14.3. The number of rotatable bonds is 14. The normalized spacial score (nSPS) is 19.3. The number of ether oxygens (including phenoxy) is 2. The van der Waals surface area contributed by atoms with Crippen LogP contribution in [-0.4, -0.2) is 43.6 Å². The van der Waals surface area contributed by atoms with Crippen molar-refractivity contribution in [1.82, 2.24) is 19.5 Å². The number of halogens is 1. The number of carbonyl (C=O) groups excluding carboxylic acids is 2. The lowest BCUT2D eigenvalue weighted by atomic mass is 9.98. The van der Waals surface area contributed by atoms with E-state index in [2.05, 4.69) is 33.1 Å². The van der Waals surface area contributed by atoms with Crippen molar-refractivity contribution < 1.29 is 23.5 Å². The van der Waals surface area contributed by atoms with Gasteiger partial charge in [-0.2, -0.15) is 14.4 Å². The van der Waals surface area contributed by atoms with Gasteiger partial charge in [-0.15, -0.1) is 6.42 Å². The van der Waals surface area contributed by atoms with Gasteiger partial charge in [0.05, 0.1) is 12.2 Å². The number of fused-ring (bicyclic) bond motifs is 1. The summed E-state index contributed by atoms with van der Waals surface area (Å²) in [7, 11) is 0. The molecule has 2 aromatic rings. The molecule has 0 spiro atoms. The summed E-state index contributed by atoms with van der Waals surface area (Å²) in [6.45, 7) is 6.12. The van der Waals surface area contributed by atoms with E-state index in [0.717, 1.165) is 51.4 Å². The summed E-state index contributed by atoms with van der Waals surface area (Å²) in [4.78, 5) is 37.0. The summed E-state index contributed by atoms with van der Waals surface area (Å²) in [5, 5.41) is 2.66. The van der Waals surface area contributed by atoms with Crippen LogP contribution in [0.3, 0.4) is 0 Å². The molecule has 1 amide bonds. The second kappa shape index (κ2) is 13.5. The van der Waals surface area contributed by atoms with Crippen LogP contribution in [0.4, 0.5) is 10.2 Å². The van der Waals surface area contributed by atoms with E-state index < -0.39 is 17.9 Å². The number of amides is 1. The zero-order valence-electron chi connectivity index (χ0n) is 22.1. The number of hydrogen-bond acceptors (Lipinski definition) is 7. The Morgan fingerprint density at radius 3 is 2.68 bits per heavy atom. The molecule has 0 bridgehead atoms. The molecule has 2 atom stereocenters. The van der Waals surface area contributed by atoms with E-state index in [4.69, 9.17) is 15.9 Å². The number of nitrogens with zero attached hydrogens (tertiary/aromatic N) is 4. The van der Waals surface area contributed by atoms with Crippen molar-refractivity contribution >= 4 is 28.9 Å². The van der Waals surface area contributed by atoms with E-state index in [0.29, 0.717) is 19.3 Å². The van der Waals surface area contributed by atoms with Crippen LogP contribution in [-0.2, 0) is 19.1 Å². The zero-order valence-corrected chi connectivity index (χ0v) is 22.1. The van der Waals surface area contributed by atoms with Crippen LogP contribution >= 0.6 is 0 Å². The number of unbranched alkanes of at least 4 members (excludes halogenated alkanes) is 3. The molecule has 1 aliphatic heterocycles. The molecule has 2 aromatic heterocycles. The topological polar surface area (TPSA) is 108 Å². The quantitative estimate of drug-likeness (QED) is 0.157. The Morgan fingerprint density at radius 1 is 1.24 bits per heavy atom. The van der Waals surface area contributed by atoms with Gasteiger partial charge in [0.1, 0.15) is 12.8 Å². The Bertz CT molecular complexity index is 1110. The van der Waals surface area contributed by atoms with Crippen LogP contribution in [0.2, 0.25) is 0 Å². The minimum Gasteiger partial charge on any atom is -0.461 e. The molecule has 0 aliphatic carbocycles. The first-order chi connectivity index (χ1) is 17.9. The van der Waals surface area contributed by atoms with Crippen LogP contribution in [0.25, 0.3) is 11.2 Å². The average molecular weight is 516 g/mol. The van der Waals surface area contributed by atoms with Crippen molar-refractivity contribution in [2.45, 2.75) is 103 Å². The van der Waals surface area contributed by atoms with Gasteiger partial charge in [0.25, 0.3) is 0 Å². The number of hydrogen-bond donors (Lipinski definition) is 1. The summed E-state index contributed by atoms with van der Waals surface area (Å²) >= 11 is 0. The van der Waals surface area contributed by atoms with Gasteiger partial charge >= 0.3 is 12.0 Å². The smallest absolute Gasteiger partial charge is 0.312 e. The molecule has 0 aromatic carbocycles. The van der Waals surface area contributed by atoms with E-state index in [9.17, 15) is 14.0 Å². The number of esters is 1. The molecule has 0 radical (unpaired) electrons. The summed E-state index contributed by atoms with van der Waals surface area (Å²) in [5.41, 5.74) is -0.644. The molecule has 10 heteroatoms. The van der Waals surface area contributed by atoms with Crippen molar-refractivity contribution in [2.24, 2.45) is 5.92 Å². The minimum absolute atomic E-state index is 0.0229. The highest BCUT2D eigenvalue weighted by Crippen LogP contribution is 2.38. The van der Waals surface area contributed by atoms with E-state index >= 15 is 0 Å². The largest absolute Gasteiger partial charge is 0.461 e. The maximum absolute atomic E-state index is 14.3. The lowest BCUT2D eigenvalue weighted by molar-refractivity contribution is -0.157. The Morgan fingerprint density at radius 2 is 2.00 bits per heavy atom. The highest BCUT2D eigenvalue weighted by atomic mass is 19.1. The molecule has 0 saturated carbocycles. The predicted molar refractivity (Wildman–Crippen MR) is 138 cm³/mol. The molecule has 1 fully saturated rings. The van der Waals surface area contributed by atoms with E-state index in [1.165, 1.54) is 6.33 Å². The van der Waals surface area contributed by atoms with Crippen molar-refractivity contribution in [3.63, 3.8) is 0 Å². The SMILES string of the molecule is C#C[C@@]1(COC(=O)C(CCC)CCC)CC[C@H](n2cnc3c(NC(=O)CCCCCC)nc(F)nc32)O1. The second-order valence-corrected chi connectivity index (χ2v) is 9.66. The molecular formula is C27H38FN5O4. The summed E-state index contributed by atoms with van der Waals surface area (Å²) < 4.78 is 27.7. The molecule has 9 nitrogen and oxygen atoms in total.